The quantitative estimate of drug-likeness (QED) is 0.691. The molecule has 1 aromatic carbocycles. The van der Waals surface area contributed by atoms with Crippen LogP contribution in [0.15, 0.2) is 35.2 Å². The summed E-state index contributed by atoms with van der Waals surface area (Å²) in [6, 6.07) is 10.6. The number of Topliss-reactive ketones (excluding diaryl/α,β-unsaturated/α-hetero) is 1. The third kappa shape index (κ3) is 2.83. The lowest BCUT2D eigenvalue weighted by atomic mass is 9.45. The van der Waals surface area contributed by atoms with Gasteiger partial charge in [0.15, 0.2) is 0 Å². The van der Waals surface area contributed by atoms with Gasteiger partial charge in [0, 0.05) is 22.0 Å². The second-order valence-corrected chi connectivity index (χ2v) is 11.9. The summed E-state index contributed by atoms with van der Waals surface area (Å²) in [6.45, 7) is 4.75. The number of fused-ring (bicyclic) bond motifs is 5. The zero-order chi connectivity index (χ0) is 19.5. The van der Waals surface area contributed by atoms with E-state index in [1.807, 2.05) is 11.8 Å². The highest BCUT2D eigenvalue weighted by Crippen LogP contribution is 2.66. The Bertz CT molecular complexity index is 748. The minimum absolute atomic E-state index is 0.0384. The fraction of sp³-hybridized carbons (Fsp3) is 0.720. The van der Waals surface area contributed by atoms with Gasteiger partial charge in [0.2, 0.25) is 0 Å². The lowest BCUT2D eigenvalue weighted by Crippen LogP contribution is -2.56. The summed E-state index contributed by atoms with van der Waals surface area (Å²) in [5, 5.41) is 11.4. The molecule has 0 heterocycles. The maximum Gasteiger partial charge on any atom is 0.139 e. The third-order valence-corrected chi connectivity index (χ3v) is 10.8. The van der Waals surface area contributed by atoms with Crippen LogP contribution in [-0.2, 0) is 4.79 Å². The molecule has 0 bridgehead atoms. The van der Waals surface area contributed by atoms with Crippen molar-refractivity contribution in [3.8, 4) is 0 Å². The maximum atomic E-state index is 12.6. The summed E-state index contributed by atoms with van der Waals surface area (Å²) in [5.74, 6) is 3.26. The molecule has 0 unspecified atom stereocenters. The summed E-state index contributed by atoms with van der Waals surface area (Å²) in [5.41, 5.74) is 0.215. The monoisotopic (exact) mass is 398 g/mol. The van der Waals surface area contributed by atoms with E-state index in [4.69, 9.17) is 0 Å². The number of aliphatic hydroxyl groups excluding tert-OH is 1. The summed E-state index contributed by atoms with van der Waals surface area (Å²) in [6.07, 6.45) is 8.66. The molecule has 152 valence electrons. The molecule has 28 heavy (non-hydrogen) atoms. The van der Waals surface area contributed by atoms with Gasteiger partial charge in [0.05, 0.1) is 6.10 Å². The first kappa shape index (κ1) is 19.2. The van der Waals surface area contributed by atoms with Gasteiger partial charge in [0.1, 0.15) is 5.78 Å². The van der Waals surface area contributed by atoms with Gasteiger partial charge in [-0.3, -0.25) is 4.79 Å². The van der Waals surface area contributed by atoms with E-state index in [-0.39, 0.29) is 16.9 Å². The summed E-state index contributed by atoms with van der Waals surface area (Å²) >= 11 is 1.88. The Kier molecular flexibility index (Phi) is 4.71. The van der Waals surface area contributed by atoms with Crippen molar-refractivity contribution in [1.29, 1.82) is 0 Å². The van der Waals surface area contributed by atoms with Crippen molar-refractivity contribution in [3.63, 3.8) is 0 Å². The normalized spacial score (nSPS) is 47.9. The Morgan fingerprint density at radius 3 is 2.61 bits per heavy atom. The van der Waals surface area contributed by atoms with Gasteiger partial charge in [-0.1, -0.05) is 32.0 Å². The Morgan fingerprint density at radius 2 is 1.82 bits per heavy atom. The second-order valence-electron chi connectivity index (χ2n) is 10.6. The Labute approximate surface area is 173 Å². The van der Waals surface area contributed by atoms with Crippen LogP contribution in [0.25, 0.3) is 0 Å². The third-order valence-electron chi connectivity index (χ3n) is 9.40. The van der Waals surface area contributed by atoms with Crippen LogP contribution in [0.3, 0.4) is 0 Å². The molecule has 4 aliphatic rings. The highest BCUT2D eigenvalue weighted by molar-refractivity contribution is 8.00. The molecule has 1 aromatic rings. The number of thioether (sulfide) groups is 1. The predicted octanol–water partition coefficient (Wildman–Crippen LogP) is 5.73. The lowest BCUT2D eigenvalue weighted by Gasteiger charge is -2.61. The first-order chi connectivity index (χ1) is 13.4. The van der Waals surface area contributed by atoms with E-state index in [0.717, 1.165) is 38.0 Å². The van der Waals surface area contributed by atoms with Gasteiger partial charge in [-0.05, 0) is 86.2 Å². The van der Waals surface area contributed by atoms with Crippen molar-refractivity contribution >= 4 is 17.5 Å². The molecule has 0 amide bonds. The average Bonchev–Trinajstić information content (AvgIpc) is 2.98. The van der Waals surface area contributed by atoms with Crippen LogP contribution in [-0.4, -0.2) is 22.2 Å². The van der Waals surface area contributed by atoms with E-state index >= 15 is 0 Å². The number of benzene rings is 1. The van der Waals surface area contributed by atoms with E-state index < -0.39 is 0 Å². The molecule has 0 aromatic heterocycles. The van der Waals surface area contributed by atoms with E-state index in [2.05, 4.69) is 44.2 Å². The Balaban J connectivity index is 1.36. The second kappa shape index (κ2) is 6.87. The van der Waals surface area contributed by atoms with Gasteiger partial charge in [-0.15, -0.1) is 11.8 Å². The molecule has 5 rings (SSSR count). The minimum Gasteiger partial charge on any atom is -0.392 e. The highest BCUT2D eigenvalue weighted by atomic mass is 32.2. The van der Waals surface area contributed by atoms with Crippen LogP contribution in [0, 0.1) is 34.5 Å². The minimum atomic E-state index is -0.219. The van der Waals surface area contributed by atoms with Crippen LogP contribution in [0.2, 0.25) is 0 Å². The molecule has 0 saturated heterocycles. The van der Waals surface area contributed by atoms with Crippen molar-refractivity contribution in [2.75, 3.05) is 0 Å². The summed E-state index contributed by atoms with van der Waals surface area (Å²) in [7, 11) is 0. The smallest absolute Gasteiger partial charge is 0.139 e. The average molecular weight is 399 g/mol. The molecule has 2 nitrogen and oxygen atoms in total. The van der Waals surface area contributed by atoms with Crippen LogP contribution in [0.4, 0.5) is 0 Å². The summed E-state index contributed by atoms with van der Waals surface area (Å²) in [4.78, 5) is 13.9. The van der Waals surface area contributed by atoms with Crippen LogP contribution < -0.4 is 0 Å². The molecule has 3 heteroatoms. The summed E-state index contributed by atoms with van der Waals surface area (Å²) < 4.78 is 0. The maximum absolute atomic E-state index is 12.6. The molecule has 1 N–H and O–H groups in total. The number of hydrogen-bond acceptors (Lipinski definition) is 3. The van der Waals surface area contributed by atoms with E-state index in [0.29, 0.717) is 28.8 Å². The lowest BCUT2D eigenvalue weighted by molar-refractivity contribution is -0.143. The number of aliphatic hydroxyl groups is 1. The fourth-order valence-electron chi connectivity index (χ4n) is 7.83. The van der Waals surface area contributed by atoms with Crippen molar-refractivity contribution in [1.82, 2.24) is 0 Å². The molecule has 0 aliphatic heterocycles. The highest BCUT2D eigenvalue weighted by Gasteiger charge is 2.61. The Morgan fingerprint density at radius 1 is 1.04 bits per heavy atom. The molecule has 4 saturated carbocycles. The molecular formula is C25H34O2S. The Hall–Kier alpha value is -0.800. The van der Waals surface area contributed by atoms with Crippen molar-refractivity contribution in [2.24, 2.45) is 34.5 Å². The number of rotatable bonds is 2. The van der Waals surface area contributed by atoms with Crippen molar-refractivity contribution < 1.29 is 9.90 Å². The van der Waals surface area contributed by atoms with Crippen LogP contribution >= 0.6 is 11.8 Å². The molecule has 8 atom stereocenters. The molecule has 4 fully saturated rings. The zero-order valence-electron chi connectivity index (χ0n) is 17.3. The van der Waals surface area contributed by atoms with Gasteiger partial charge in [-0.2, -0.15) is 0 Å². The van der Waals surface area contributed by atoms with Gasteiger partial charge in [-0.25, -0.2) is 0 Å². The zero-order valence-corrected chi connectivity index (χ0v) is 18.1. The van der Waals surface area contributed by atoms with Crippen LogP contribution in [0.1, 0.15) is 65.2 Å². The number of carbonyl (C=O) groups excluding carboxylic acids is 1. The predicted molar refractivity (Wildman–Crippen MR) is 114 cm³/mol. The van der Waals surface area contributed by atoms with Crippen LogP contribution in [0.5, 0.6) is 0 Å². The van der Waals surface area contributed by atoms with Gasteiger partial charge in [0.25, 0.3) is 0 Å². The molecule has 0 spiro atoms. The standard InChI is InChI=1S/C25H34O2S/c1-24-13-12-20-18(19(24)10-11-23(24)27)9-8-16-14-22(21(26)15-25(16,20)2)28-17-6-4-3-5-7-17/h3-7,16,18-22,26H,8-15H2,1-2H3/t16-,18-,19-,20-,21-,22-,24-,25-/m0/s1. The number of carbonyl (C=O) groups is 1. The number of hydrogen-bond donors (Lipinski definition) is 1. The van der Waals surface area contributed by atoms with Gasteiger partial charge < -0.3 is 5.11 Å². The molecular weight excluding hydrogens is 364 g/mol. The SMILES string of the molecule is C[C@]12C[C@H](O)[C@@H](Sc3ccccc3)C[C@@H]1CC[C@@H]1[C@@H]2CC[C@]2(C)C(=O)CC[C@@H]12. The van der Waals surface area contributed by atoms with Gasteiger partial charge >= 0.3 is 0 Å². The van der Waals surface area contributed by atoms with Crippen molar-refractivity contribution in [2.45, 2.75) is 81.5 Å². The first-order valence-electron chi connectivity index (χ1n) is 11.3. The first-order valence-corrected chi connectivity index (χ1v) is 12.2. The largest absolute Gasteiger partial charge is 0.392 e. The van der Waals surface area contributed by atoms with E-state index in [9.17, 15) is 9.90 Å². The number of ketones is 1. The van der Waals surface area contributed by atoms with E-state index in [1.54, 1.807) is 0 Å². The molecule has 4 aliphatic carbocycles. The topological polar surface area (TPSA) is 37.3 Å². The van der Waals surface area contributed by atoms with Crippen molar-refractivity contribution in [3.05, 3.63) is 30.3 Å². The van der Waals surface area contributed by atoms with E-state index in [1.165, 1.54) is 24.2 Å². The molecule has 0 radical (unpaired) electrons. The fourth-order valence-corrected chi connectivity index (χ4v) is 9.08.